The number of aromatic nitrogens is 2. The van der Waals surface area contributed by atoms with Gasteiger partial charge in [-0.25, -0.2) is 0 Å². The van der Waals surface area contributed by atoms with E-state index in [1.807, 2.05) is 13.0 Å². The van der Waals surface area contributed by atoms with Crippen molar-refractivity contribution in [2.75, 3.05) is 0 Å². The summed E-state index contributed by atoms with van der Waals surface area (Å²) in [4.78, 5) is 11.8. The third kappa shape index (κ3) is 1.39. The number of hydrogen-bond donors (Lipinski definition) is 0. The van der Waals surface area contributed by atoms with Crippen LogP contribution in [0.3, 0.4) is 0 Å². The molecule has 1 aliphatic rings. The van der Waals surface area contributed by atoms with Crippen molar-refractivity contribution in [3.8, 4) is 0 Å². The Labute approximate surface area is 77.7 Å². The van der Waals surface area contributed by atoms with Crippen LogP contribution in [0.2, 0.25) is 0 Å². The average Bonchev–Trinajstić information content (AvgIpc) is 2.70. The second kappa shape index (κ2) is 2.98. The topological polar surface area (TPSA) is 34.9 Å². The maximum atomic E-state index is 11.8. The molecule has 0 N–H and O–H groups in total. The molecule has 0 bridgehead atoms. The molecule has 2 unspecified atom stereocenters. The highest BCUT2D eigenvalue weighted by atomic mass is 16.1. The molecular formula is C10H14N2O. The van der Waals surface area contributed by atoms with Crippen LogP contribution in [0.15, 0.2) is 12.3 Å². The van der Waals surface area contributed by atoms with E-state index < -0.39 is 0 Å². The largest absolute Gasteiger partial charge is 0.292 e. The molecule has 13 heavy (non-hydrogen) atoms. The molecule has 1 aromatic rings. The number of nitrogens with zero attached hydrogens (tertiary/aromatic N) is 2. The molecule has 1 saturated carbocycles. The van der Waals surface area contributed by atoms with Crippen LogP contribution in [0.1, 0.15) is 30.8 Å². The zero-order valence-electron chi connectivity index (χ0n) is 8.03. The van der Waals surface area contributed by atoms with Crippen LogP contribution < -0.4 is 0 Å². The lowest BCUT2D eigenvalue weighted by Gasteiger charge is -2.01. The third-order valence-electron chi connectivity index (χ3n) is 2.71. The van der Waals surface area contributed by atoms with Gasteiger partial charge in [-0.1, -0.05) is 6.92 Å². The summed E-state index contributed by atoms with van der Waals surface area (Å²) in [7, 11) is 0. The Morgan fingerprint density at radius 2 is 2.46 bits per heavy atom. The van der Waals surface area contributed by atoms with Gasteiger partial charge in [-0.15, -0.1) is 0 Å². The molecule has 2 rings (SSSR count). The summed E-state index contributed by atoms with van der Waals surface area (Å²) in [5.41, 5.74) is 0.775. The summed E-state index contributed by atoms with van der Waals surface area (Å²) in [6.45, 7) is 4.89. The first kappa shape index (κ1) is 8.48. The zero-order valence-corrected chi connectivity index (χ0v) is 8.03. The first-order chi connectivity index (χ1) is 6.24. The van der Waals surface area contributed by atoms with E-state index in [0.717, 1.165) is 18.7 Å². The van der Waals surface area contributed by atoms with Crippen LogP contribution >= 0.6 is 0 Å². The van der Waals surface area contributed by atoms with Gasteiger partial charge in [-0.3, -0.25) is 9.48 Å². The maximum Gasteiger partial charge on any atom is 0.184 e. The minimum atomic E-state index is 0.266. The van der Waals surface area contributed by atoms with E-state index in [4.69, 9.17) is 0 Å². The van der Waals surface area contributed by atoms with Crippen molar-refractivity contribution < 1.29 is 4.79 Å². The average molecular weight is 178 g/mol. The summed E-state index contributed by atoms with van der Waals surface area (Å²) in [5, 5.41) is 4.09. The first-order valence-corrected chi connectivity index (χ1v) is 4.80. The molecular weight excluding hydrogens is 164 g/mol. The van der Waals surface area contributed by atoms with E-state index >= 15 is 0 Å². The van der Waals surface area contributed by atoms with Crippen molar-refractivity contribution in [1.82, 2.24) is 9.78 Å². The fraction of sp³-hybridized carbons (Fsp3) is 0.600. The quantitative estimate of drug-likeness (QED) is 0.661. The smallest absolute Gasteiger partial charge is 0.184 e. The predicted molar refractivity (Wildman–Crippen MR) is 49.5 cm³/mol. The van der Waals surface area contributed by atoms with Crippen molar-refractivity contribution in [3.05, 3.63) is 18.0 Å². The molecule has 0 saturated heterocycles. The molecule has 1 heterocycles. The number of ketones is 1. The number of Topliss-reactive ketones (excluding diaryl/α,β-unsaturated/α-hetero) is 1. The molecule has 1 aromatic heterocycles. The Morgan fingerprint density at radius 1 is 1.77 bits per heavy atom. The lowest BCUT2D eigenvalue weighted by molar-refractivity contribution is 0.0952. The molecule has 70 valence electrons. The Balaban J connectivity index is 2.20. The summed E-state index contributed by atoms with van der Waals surface area (Å²) in [6.07, 6.45) is 2.75. The van der Waals surface area contributed by atoms with Crippen molar-refractivity contribution in [2.24, 2.45) is 11.8 Å². The standard InChI is InChI=1S/C10H14N2O/c1-3-12-9(4-5-11-12)10(13)8-6-7(8)2/h4-5,7-8H,3,6H2,1-2H3. The lowest BCUT2D eigenvalue weighted by Crippen LogP contribution is -2.11. The van der Waals surface area contributed by atoms with Crippen LogP contribution in [-0.4, -0.2) is 15.6 Å². The van der Waals surface area contributed by atoms with Gasteiger partial charge in [0.25, 0.3) is 0 Å². The monoisotopic (exact) mass is 178 g/mol. The lowest BCUT2D eigenvalue weighted by atomic mass is 10.1. The van der Waals surface area contributed by atoms with Crippen molar-refractivity contribution in [1.29, 1.82) is 0 Å². The van der Waals surface area contributed by atoms with Crippen molar-refractivity contribution in [2.45, 2.75) is 26.8 Å². The van der Waals surface area contributed by atoms with Crippen LogP contribution in [0.25, 0.3) is 0 Å². The molecule has 0 spiro atoms. The zero-order chi connectivity index (χ0) is 9.42. The molecule has 0 aromatic carbocycles. The number of aryl methyl sites for hydroxylation is 1. The summed E-state index contributed by atoms with van der Waals surface area (Å²) in [5.74, 6) is 1.11. The second-order valence-corrected chi connectivity index (χ2v) is 3.72. The Bertz CT molecular complexity index is 329. The van der Waals surface area contributed by atoms with Crippen molar-refractivity contribution >= 4 is 5.78 Å². The molecule has 0 aliphatic heterocycles. The van der Waals surface area contributed by atoms with E-state index in [1.54, 1.807) is 10.9 Å². The number of hydrogen-bond acceptors (Lipinski definition) is 2. The number of carbonyl (C=O) groups is 1. The summed E-state index contributed by atoms with van der Waals surface area (Å²) >= 11 is 0. The van der Waals surface area contributed by atoms with Crippen molar-refractivity contribution in [3.63, 3.8) is 0 Å². The summed E-state index contributed by atoms with van der Waals surface area (Å²) < 4.78 is 1.77. The van der Waals surface area contributed by atoms with Gasteiger partial charge in [-0.2, -0.15) is 5.10 Å². The Hall–Kier alpha value is -1.12. The molecule has 2 atom stereocenters. The van der Waals surface area contributed by atoms with E-state index in [9.17, 15) is 4.79 Å². The fourth-order valence-corrected chi connectivity index (χ4v) is 1.67. The van der Waals surface area contributed by atoms with Crippen LogP contribution in [0.4, 0.5) is 0 Å². The van der Waals surface area contributed by atoms with Gasteiger partial charge in [-0.05, 0) is 25.3 Å². The highest BCUT2D eigenvalue weighted by molar-refractivity contribution is 5.98. The molecule has 0 amide bonds. The van der Waals surface area contributed by atoms with Gasteiger partial charge >= 0.3 is 0 Å². The van der Waals surface area contributed by atoms with Gasteiger partial charge < -0.3 is 0 Å². The van der Waals surface area contributed by atoms with Crippen LogP contribution in [0.5, 0.6) is 0 Å². The van der Waals surface area contributed by atoms with Gasteiger partial charge in [0.1, 0.15) is 5.69 Å². The molecule has 3 nitrogen and oxygen atoms in total. The van der Waals surface area contributed by atoms with Gasteiger partial charge in [0.2, 0.25) is 0 Å². The van der Waals surface area contributed by atoms with Gasteiger partial charge in [0, 0.05) is 18.7 Å². The minimum Gasteiger partial charge on any atom is -0.292 e. The molecule has 1 aliphatic carbocycles. The molecule has 3 heteroatoms. The number of carbonyl (C=O) groups excluding carboxylic acids is 1. The first-order valence-electron chi connectivity index (χ1n) is 4.80. The van der Waals surface area contributed by atoms with E-state index in [0.29, 0.717) is 5.92 Å². The third-order valence-corrected chi connectivity index (χ3v) is 2.71. The molecule has 1 fully saturated rings. The Morgan fingerprint density at radius 3 is 3.00 bits per heavy atom. The fourth-order valence-electron chi connectivity index (χ4n) is 1.67. The van der Waals surface area contributed by atoms with E-state index in [-0.39, 0.29) is 11.7 Å². The Kier molecular flexibility index (Phi) is 1.94. The predicted octanol–water partition coefficient (Wildman–Crippen LogP) is 1.74. The second-order valence-electron chi connectivity index (χ2n) is 3.72. The van der Waals surface area contributed by atoms with Crippen LogP contribution in [-0.2, 0) is 6.54 Å². The van der Waals surface area contributed by atoms with Gasteiger partial charge in [0.15, 0.2) is 5.78 Å². The normalized spacial score (nSPS) is 26.0. The summed E-state index contributed by atoms with van der Waals surface area (Å²) in [6, 6.07) is 1.82. The highest BCUT2D eigenvalue weighted by Gasteiger charge is 2.40. The highest BCUT2D eigenvalue weighted by Crippen LogP contribution is 2.40. The van der Waals surface area contributed by atoms with E-state index in [2.05, 4.69) is 12.0 Å². The van der Waals surface area contributed by atoms with E-state index in [1.165, 1.54) is 0 Å². The molecule has 0 radical (unpaired) electrons. The number of rotatable bonds is 3. The SMILES string of the molecule is CCn1nccc1C(=O)C1CC1C. The maximum absolute atomic E-state index is 11.8. The van der Waals surface area contributed by atoms with Gasteiger partial charge in [0.05, 0.1) is 0 Å². The minimum absolute atomic E-state index is 0.266. The van der Waals surface area contributed by atoms with Crippen LogP contribution in [0, 0.1) is 11.8 Å².